The van der Waals surface area contributed by atoms with Gasteiger partial charge in [0.25, 0.3) is 5.91 Å². The minimum absolute atomic E-state index is 0.0511. The summed E-state index contributed by atoms with van der Waals surface area (Å²) in [6.07, 6.45) is 0.904. The molecule has 2 atom stereocenters. The third kappa shape index (κ3) is 5.65. The van der Waals surface area contributed by atoms with Gasteiger partial charge in [0.1, 0.15) is 0 Å². The Morgan fingerprint density at radius 3 is 2.38 bits per heavy atom. The van der Waals surface area contributed by atoms with Crippen molar-refractivity contribution in [2.75, 3.05) is 0 Å². The van der Waals surface area contributed by atoms with E-state index in [4.69, 9.17) is 4.74 Å². The lowest BCUT2D eigenvalue weighted by molar-refractivity contribution is -0.129. The van der Waals surface area contributed by atoms with Crippen LogP contribution in [0.4, 0.5) is 0 Å². The SMILES string of the molecule is C[C@H](OC(=O)c1cccc(S(=O)(=O)N[C@@H](C)c2ccccc2)c1)C(=O)NC1CC1. The summed E-state index contributed by atoms with van der Waals surface area (Å²) in [7, 11) is -3.85. The second kappa shape index (κ2) is 8.75. The Bertz CT molecular complexity index is 987. The topological polar surface area (TPSA) is 102 Å². The molecule has 8 heteroatoms. The van der Waals surface area contributed by atoms with Crippen LogP contribution in [0.2, 0.25) is 0 Å². The number of carbonyl (C=O) groups is 2. The van der Waals surface area contributed by atoms with Gasteiger partial charge in [-0.15, -0.1) is 0 Å². The number of carbonyl (C=O) groups excluding carboxylic acids is 2. The highest BCUT2D eigenvalue weighted by atomic mass is 32.2. The molecular weight excluding hydrogens is 392 g/mol. The van der Waals surface area contributed by atoms with Gasteiger partial charge >= 0.3 is 5.97 Å². The molecule has 29 heavy (non-hydrogen) atoms. The molecule has 2 aromatic carbocycles. The van der Waals surface area contributed by atoms with Gasteiger partial charge in [0.05, 0.1) is 10.5 Å². The van der Waals surface area contributed by atoms with Gasteiger partial charge < -0.3 is 10.1 Å². The summed E-state index contributed by atoms with van der Waals surface area (Å²) in [6.45, 7) is 3.23. The number of esters is 1. The van der Waals surface area contributed by atoms with E-state index in [9.17, 15) is 18.0 Å². The Balaban J connectivity index is 1.68. The van der Waals surface area contributed by atoms with E-state index < -0.39 is 28.1 Å². The molecule has 2 aromatic rings. The number of hydrogen-bond donors (Lipinski definition) is 2. The summed E-state index contributed by atoms with van der Waals surface area (Å²) in [5.41, 5.74) is 0.883. The van der Waals surface area contributed by atoms with Crippen molar-refractivity contribution in [2.45, 2.75) is 49.8 Å². The highest BCUT2D eigenvalue weighted by Crippen LogP contribution is 2.20. The van der Waals surface area contributed by atoms with Gasteiger partial charge in [0.2, 0.25) is 10.0 Å². The van der Waals surface area contributed by atoms with E-state index in [0.717, 1.165) is 18.4 Å². The molecule has 3 rings (SSSR count). The molecular formula is C21H24N2O5S. The summed E-state index contributed by atoms with van der Waals surface area (Å²) in [5, 5.41) is 2.76. The molecule has 1 saturated carbocycles. The molecule has 7 nitrogen and oxygen atoms in total. The fourth-order valence-corrected chi connectivity index (χ4v) is 4.01. The largest absolute Gasteiger partial charge is 0.449 e. The molecule has 1 fully saturated rings. The van der Waals surface area contributed by atoms with Gasteiger partial charge in [-0.3, -0.25) is 4.79 Å². The number of rotatable bonds is 8. The van der Waals surface area contributed by atoms with E-state index in [1.165, 1.54) is 31.2 Å². The predicted octanol–water partition coefficient (Wildman–Crippen LogP) is 2.55. The van der Waals surface area contributed by atoms with Crippen molar-refractivity contribution in [3.63, 3.8) is 0 Å². The van der Waals surface area contributed by atoms with Crippen molar-refractivity contribution in [1.29, 1.82) is 0 Å². The summed E-state index contributed by atoms with van der Waals surface area (Å²) in [4.78, 5) is 24.3. The molecule has 1 aliphatic rings. The molecule has 0 bridgehead atoms. The maximum atomic E-state index is 12.7. The molecule has 0 radical (unpaired) electrons. The summed E-state index contributed by atoms with van der Waals surface area (Å²) in [5.74, 6) is -1.11. The molecule has 0 unspecified atom stereocenters. The molecule has 1 amide bonds. The van der Waals surface area contributed by atoms with Gasteiger partial charge in [-0.1, -0.05) is 36.4 Å². The van der Waals surface area contributed by atoms with Crippen molar-refractivity contribution in [3.05, 3.63) is 65.7 Å². The van der Waals surface area contributed by atoms with Gasteiger partial charge in [0.15, 0.2) is 6.10 Å². The smallest absolute Gasteiger partial charge is 0.338 e. The molecule has 2 N–H and O–H groups in total. The van der Waals surface area contributed by atoms with Gasteiger partial charge in [-0.25, -0.2) is 17.9 Å². The van der Waals surface area contributed by atoms with E-state index in [2.05, 4.69) is 10.0 Å². The zero-order valence-corrected chi connectivity index (χ0v) is 17.1. The van der Waals surface area contributed by atoms with Crippen LogP contribution in [0.5, 0.6) is 0 Å². The number of ether oxygens (including phenoxy) is 1. The van der Waals surface area contributed by atoms with Crippen LogP contribution in [0.25, 0.3) is 0 Å². The average molecular weight is 416 g/mol. The molecule has 0 aliphatic heterocycles. The van der Waals surface area contributed by atoms with Crippen LogP contribution in [0.1, 0.15) is 48.7 Å². The first kappa shape index (κ1) is 21.0. The fourth-order valence-electron chi connectivity index (χ4n) is 2.73. The standard InChI is InChI=1S/C21H24N2O5S/c1-14(16-7-4-3-5-8-16)23-29(26,27)19-10-6-9-17(13-19)21(25)28-15(2)20(24)22-18-11-12-18/h3-10,13-15,18,23H,11-12H2,1-2H3,(H,22,24)/t14-,15-/m0/s1. The Labute approximate surface area is 170 Å². The van der Waals surface area contributed by atoms with Crippen molar-refractivity contribution in [2.24, 2.45) is 0 Å². The van der Waals surface area contributed by atoms with Crippen molar-refractivity contribution in [1.82, 2.24) is 10.0 Å². The van der Waals surface area contributed by atoms with E-state index in [1.54, 1.807) is 6.92 Å². The van der Waals surface area contributed by atoms with E-state index in [1.807, 2.05) is 30.3 Å². The minimum atomic E-state index is -3.85. The average Bonchev–Trinajstić information content (AvgIpc) is 3.52. The maximum Gasteiger partial charge on any atom is 0.338 e. The van der Waals surface area contributed by atoms with Gasteiger partial charge in [-0.05, 0) is 50.5 Å². The monoisotopic (exact) mass is 416 g/mol. The van der Waals surface area contributed by atoms with E-state index in [-0.39, 0.29) is 22.4 Å². The lowest BCUT2D eigenvalue weighted by Crippen LogP contribution is -2.37. The molecule has 0 heterocycles. The molecule has 154 valence electrons. The quantitative estimate of drug-likeness (QED) is 0.644. The van der Waals surface area contributed by atoms with Gasteiger partial charge in [0, 0.05) is 12.1 Å². The van der Waals surface area contributed by atoms with Crippen molar-refractivity contribution < 1.29 is 22.7 Å². The number of benzene rings is 2. The van der Waals surface area contributed by atoms with Crippen molar-refractivity contribution >= 4 is 21.9 Å². The highest BCUT2D eigenvalue weighted by Gasteiger charge is 2.28. The summed E-state index contributed by atoms with van der Waals surface area (Å²) in [6, 6.07) is 14.5. The van der Waals surface area contributed by atoms with Crippen LogP contribution in [0, 0.1) is 0 Å². The number of hydrogen-bond acceptors (Lipinski definition) is 5. The van der Waals surface area contributed by atoms with Crippen LogP contribution in [-0.2, 0) is 19.6 Å². The Morgan fingerprint density at radius 1 is 1.03 bits per heavy atom. The highest BCUT2D eigenvalue weighted by molar-refractivity contribution is 7.89. The van der Waals surface area contributed by atoms with Crippen LogP contribution in [0.3, 0.4) is 0 Å². The Kier molecular flexibility index (Phi) is 6.34. The lowest BCUT2D eigenvalue weighted by atomic mass is 10.1. The number of amides is 1. The number of sulfonamides is 1. The predicted molar refractivity (Wildman–Crippen MR) is 108 cm³/mol. The molecule has 0 saturated heterocycles. The van der Waals surface area contributed by atoms with Crippen LogP contribution in [0.15, 0.2) is 59.5 Å². The zero-order chi connectivity index (χ0) is 21.0. The normalized spacial score (nSPS) is 15.9. The zero-order valence-electron chi connectivity index (χ0n) is 16.3. The minimum Gasteiger partial charge on any atom is -0.449 e. The summed E-state index contributed by atoms with van der Waals surface area (Å²) >= 11 is 0. The van der Waals surface area contributed by atoms with E-state index in [0.29, 0.717) is 0 Å². The lowest BCUT2D eigenvalue weighted by Gasteiger charge is -2.16. The summed E-state index contributed by atoms with van der Waals surface area (Å²) < 4.78 is 33.2. The molecule has 1 aliphatic carbocycles. The van der Waals surface area contributed by atoms with Crippen LogP contribution < -0.4 is 10.0 Å². The maximum absolute atomic E-state index is 12.7. The van der Waals surface area contributed by atoms with Crippen LogP contribution in [-0.4, -0.2) is 32.4 Å². The first-order valence-corrected chi connectivity index (χ1v) is 10.9. The Hall–Kier alpha value is -2.71. The fraction of sp³-hybridized carbons (Fsp3) is 0.333. The van der Waals surface area contributed by atoms with Crippen LogP contribution >= 0.6 is 0 Å². The molecule has 0 spiro atoms. The Morgan fingerprint density at radius 2 is 1.72 bits per heavy atom. The first-order valence-electron chi connectivity index (χ1n) is 9.45. The van der Waals surface area contributed by atoms with E-state index >= 15 is 0 Å². The second-order valence-corrected chi connectivity index (χ2v) is 8.83. The third-order valence-corrected chi connectivity index (χ3v) is 6.13. The van der Waals surface area contributed by atoms with Crippen molar-refractivity contribution in [3.8, 4) is 0 Å². The second-order valence-electron chi connectivity index (χ2n) is 7.11. The first-order chi connectivity index (χ1) is 13.8. The molecule has 0 aromatic heterocycles. The third-order valence-electron chi connectivity index (χ3n) is 4.59. The number of nitrogens with one attached hydrogen (secondary N) is 2. The van der Waals surface area contributed by atoms with Gasteiger partial charge in [-0.2, -0.15) is 0 Å².